The van der Waals surface area contributed by atoms with Gasteiger partial charge >= 0.3 is 0 Å². The van der Waals surface area contributed by atoms with Crippen LogP contribution in [-0.2, 0) is 0 Å². The van der Waals surface area contributed by atoms with E-state index in [0.717, 1.165) is 7.11 Å². The summed E-state index contributed by atoms with van der Waals surface area (Å²) in [4.78, 5) is 0. The Morgan fingerprint density at radius 3 is 1.86 bits per heavy atom. The molecule has 0 aromatic heterocycles. The highest BCUT2D eigenvalue weighted by atomic mass is 31.0. The zero-order valence-electron chi connectivity index (χ0n) is 5.15. The highest BCUT2D eigenvalue weighted by Crippen LogP contribution is 1.89. The standard InChI is InChI=1S/C4H11P.CH4O/c1-2-3-4-5;1-2/h2-5H2,1H3;2H,1H3. The van der Waals surface area contributed by atoms with Crippen molar-refractivity contribution >= 4 is 9.24 Å². The third kappa shape index (κ3) is 21.6. The van der Waals surface area contributed by atoms with Crippen molar-refractivity contribution in [2.24, 2.45) is 0 Å². The minimum absolute atomic E-state index is 1.00. The smallest absolute Gasteiger partial charge is 0.0319 e. The summed E-state index contributed by atoms with van der Waals surface area (Å²) in [6, 6.07) is 0. The van der Waals surface area contributed by atoms with Crippen molar-refractivity contribution in [3.63, 3.8) is 0 Å². The SMILES string of the molecule is CCCCP.CO. The highest BCUT2D eigenvalue weighted by molar-refractivity contribution is 7.16. The molecule has 0 aromatic carbocycles. The Labute approximate surface area is 48.3 Å². The summed E-state index contributed by atoms with van der Waals surface area (Å²) >= 11 is 0. The monoisotopic (exact) mass is 122 g/mol. The van der Waals surface area contributed by atoms with Crippen LogP contribution < -0.4 is 0 Å². The van der Waals surface area contributed by atoms with Crippen molar-refractivity contribution in [3.05, 3.63) is 0 Å². The Hall–Kier alpha value is 0.390. The summed E-state index contributed by atoms with van der Waals surface area (Å²) in [5.41, 5.74) is 0. The topological polar surface area (TPSA) is 20.2 Å². The molecule has 0 radical (unpaired) electrons. The van der Waals surface area contributed by atoms with Crippen molar-refractivity contribution in [2.75, 3.05) is 13.3 Å². The molecule has 0 aliphatic heterocycles. The van der Waals surface area contributed by atoms with Crippen molar-refractivity contribution in [1.29, 1.82) is 0 Å². The van der Waals surface area contributed by atoms with Gasteiger partial charge in [-0.2, -0.15) is 0 Å². The minimum atomic E-state index is 1.00. The summed E-state index contributed by atoms with van der Waals surface area (Å²) in [7, 11) is 3.70. The van der Waals surface area contributed by atoms with E-state index in [1.54, 1.807) is 0 Å². The highest BCUT2D eigenvalue weighted by Gasteiger charge is 1.68. The first-order valence-electron chi connectivity index (χ1n) is 2.56. The second-order valence-electron chi connectivity index (χ2n) is 1.14. The molecule has 0 heterocycles. The number of hydrogen-bond acceptors (Lipinski definition) is 1. The van der Waals surface area contributed by atoms with E-state index >= 15 is 0 Å². The van der Waals surface area contributed by atoms with Crippen molar-refractivity contribution in [2.45, 2.75) is 19.8 Å². The Morgan fingerprint density at radius 2 is 1.86 bits per heavy atom. The maximum absolute atomic E-state index is 7.00. The molecule has 1 N–H and O–H groups in total. The average molecular weight is 122 g/mol. The molecule has 0 aromatic rings. The van der Waals surface area contributed by atoms with Gasteiger partial charge in [-0.1, -0.05) is 19.8 Å². The third-order valence-corrected chi connectivity index (χ3v) is 0.966. The van der Waals surface area contributed by atoms with Gasteiger partial charge in [0, 0.05) is 7.11 Å². The maximum Gasteiger partial charge on any atom is 0.0319 e. The maximum atomic E-state index is 7.00. The lowest BCUT2D eigenvalue weighted by Gasteiger charge is -1.79. The lowest BCUT2D eigenvalue weighted by atomic mass is 10.4. The molecule has 0 bridgehead atoms. The number of rotatable bonds is 2. The van der Waals surface area contributed by atoms with Crippen LogP contribution in [0.4, 0.5) is 0 Å². The van der Waals surface area contributed by atoms with E-state index in [9.17, 15) is 0 Å². The van der Waals surface area contributed by atoms with Gasteiger partial charge in [0.1, 0.15) is 0 Å². The molecule has 0 fully saturated rings. The first kappa shape index (κ1) is 10.4. The van der Waals surface area contributed by atoms with E-state index in [1.165, 1.54) is 19.0 Å². The number of aliphatic hydroxyl groups excluding tert-OH is 1. The number of unbranched alkanes of at least 4 members (excludes halogenated alkanes) is 1. The molecule has 1 unspecified atom stereocenters. The largest absolute Gasteiger partial charge is 0.400 e. The van der Waals surface area contributed by atoms with Gasteiger partial charge in [-0.3, -0.25) is 0 Å². The minimum Gasteiger partial charge on any atom is -0.400 e. The van der Waals surface area contributed by atoms with E-state index in [2.05, 4.69) is 16.2 Å². The van der Waals surface area contributed by atoms with Crippen LogP contribution in [0.3, 0.4) is 0 Å². The van der Waals surface area contributed by atoms with E-state index in [0.29, 0.717) is 0 Å². The Morgan fingerprint density at radius 1 is 1.43 bits per heavy atom. The van der Waals surface area contributed by atoms with E-state index in [-0.39, 0.29) is 0 Å². The summed E-state index contributed by atoms with van der Waals surface area (Å²) in [5.74, 6) is 0. The summed E-state index contributed by atoms with van der Waals surface area (Å²) in [6.07, 6.45) is 3.94. The fourth-order valence-electron chi connectivity index (χ4n) is 0.204. The van der Waals surface area contributed by atoms with Gasteiger partial charge in [-0.15, -0.1) is 9.24 Å². The molecule has 0 amide bonds. The quantitative estimate of drug-likeness (QED) is 0.547. The van der Waals surface area contributed by atoms with Crippen LogP contribution in [0.5, 0.6) is 0 Å². The lowest BCUT2D eigenvalue weighted by Crippen LogP contribution is -1.64. The summed E-state index contributed by atoms with van der Waals surface area (Å²) in [6.45, 7) is 2.20. The zero-order chi connectivity index (χ0) is 6.12. The predicted molar refractivity (Wildman–Crippen MR) is 37.6 cm³/mol. The van der Waals surface area contributed by atoms with Gasteiger partial charge in [-0.05, 0) is 6.16 Å². The van der Waals surface area contributed by atoms with Crippen LogP contribution in [0, 0.1) is 0 Å². The van der Waals surface area contributed by atoms with Gasteiger partial charge in [0.2, 0.25) is 0 Å². The van der Waals surface area contributed by atoms with E-state index in [1.807, 2.05) is 0 Å². The zero-order valence-corrected chi connectivity index (χ0v) is 6.30. The van der Waals surface area contributed by atoms with E-state index in [4.69, 9.17) is 5.11 Å². The Balaban J connectivity index is 0. The Bertz CT molecular complexity index is 15.6. The molecule has 7 heavy (non-hydrogen) atoms. The number of aliphatic hydroxyl groups is 1. The van der Waals surface area contributed by atoms with Crippen LogP contribution in [0.1, 0.15) is 19.8 Å². The molecule has 0 rings (SSSR count). The Kier molecular flexibility index (Phi) is 24.0. The fraction of sp³-hybridized carbons (Fsp3) is 1.00. The second kappa shape index (κ2) is 16.2. The van der Waals surface area contributed by atoms with Crippen LogP contribution in [-0.4, -0.2) is 18.4 Å². The average Bonchev–Trinajstić information content (AvgIpc) is 1.75. The van der Waals surface area contributed by atoms with Crippen LogP contribution in [0.25, 0.3) is 0 Å². The van der Waals surface area contributed by atoms with Crippen LogP contribution >= 0.6 is 9.24 Å². The molecule has 1 atom stereocenters. The molecule has 0 saturated heterocycles. The molecule has 1 nitrogen and oxygen atoms in total. The molecule has 0 spiro atoms. The molecular weight excluding hydrogens is 107 g/mol. The van der Waals surface area contributed by atoms with Gasteiger partial charge in [0.05, 0.1) is 0 Å². The third-order valence-electron chi connectivity index (χ3n) is 0.558. The fourth-order valence-corrected chi connectivity index (χ4v) is 0.612. The first-order chi connectivity index (χ1) is 3.41. The van der Waals surface area contributed by atoms with Crippen molar-refractivity contribution in [1.82, 2.24) is 0 Å². The van der Waals surface area contributed by atoms with Crippen LogP contribution in [0.15, 0.2) is 0 Å². The second-order valence-corrected chi connectivity index (χ2v) is 1.72. The van der Waals surface area contributed by atoms with Gasteiger partial charge in [0.25, 0.3) is 0 Å². The lowest BCUT2D eigenvalue weighted by molar-refractivity contribution is 0.399. The van der Waals surface area contributed by atoms with Crippen LogP contribution in [0.2, 0.25) is 0 Å². The molecular formula is C5H15OP. The molecule has 2 heteroatoms. The number of hydrogen-bond donors (Lipinski definition) is 1. The van der Waals surface area contributed by atoms with E-state index < -0.39 is 0 Å². The first-order valence-corrected chi connectivity index (χ1v) is 3.38. The van der Waals surface area contributed by atoms with Gasteiger partial charge < -0.3 is 5.11 Å². The summed E-state index contributed by atoms with van der Waals surface area (Å²) < 4.78 is 0. The van der Waals surface area contributed by atoms with Gasteiger partial charge in [0.15, 0.2) is 0 Å². The normalized spacial score (nSPS) is 6.86. The van der Waals surface area contributed by atoms with Crippen molar-refractivity contribution in [3.8, 4) is 0 Å². The molecule has 0 aliphatic carbocycles. The predicted octanol–water partition coefficient (Wildman–Crippen LogP) is 1.27. The molecule has 46 valence electrons. The van der Waals surface area contributed by atoms with Gasteiger partial charge in [-0.25, -0.2) is 0 Å². The summed E-state index contributed by atoms with van der Waals surface area (Å²) in [5, 5.41) is 7.00. The molecule has 0 aliphatic rings. The van der Waals surface area contributed by atoms with Crippen molar-refractivity contribution < 1.29 is 5.11 Å². The molecule has 0 saturated carbocycles.